The van der Waals surface area contributed by atoms with Gasteiger partial charge in [0.25, 0.3) is 10.0 Å². The summed E-state index contributed by atoms with van der Waals surface area (Å²) in [5.41, 5.74) is 4.45. The first-order valence-electron chi connectivity index (χ1n) is 12.5. The van der Waals surface area contributed by atoms with Gasteiger partial charge < -0.3 is 15.7 Å². The molecule has 0 spiro atoms. The quantitative estimate of drug-likeness (QED) is 0.210. The molecular formula is C29H31N5O4S. The number of nitrogens with zero attached hydrogens (tertiary/aromatic N) is 2. The fraction of sp³-hybridized carbons (Fsp3) is 0.207. The molecule has 10 heteroatoms. The van der Waals surface area contributed by atoms with Gasteiger partial charge in [0.2, 0.25) is 5.95 Å². The van der Waals surface area contributed by atoms with Gasteiger partial charge in [0.1, 0.15) is 5.82 Å². The van der Waals surface area contributed by atoms with E-state index >= 15 is 0 Å². The molecule has 0 bridgehead atoms. The first-order valence-corrected chi connectivity index (χ1v) is 13.9. The van der Waals surface area contributed by atoms with E-state index in [2.05, 4.69) is 37.5 Å². The molecule has 202 valence electrons. The molecule has 1 unspecified atom stereocenters. The maximum absolute atomic E-state index is 13.2. The number of carbonyl (C=O) groups is 1. The van der Waals surface area contributed by atoms with Crippen LogP contribution in [0.4, 0.5) is 11.8 Å². The van der Waals surface area contributed by atoms with Crippen LogP contribution in [0.3, 0.4) is 0 Å². The number of sulfonamides is 1. The van der Waals surface area contributed by atoms with E-state index in [4.69, 9.17) is 0 Å². The van der Waals surface area contributed by atoms with Crippen molar-refractivity contribution in [2.45, 2.75) is 38.3 Å². The van der Waals surface area contributed by atoms with Crippen LogP contribution in [0, 0.1) is 13.8 Å². The Hall–Kier alpha value is -4.28. The Kier molecular flexibility index (Phi) is 8.58. The van der Waals surface area contributed by atoms with Gasteiger partial charge in [-0.25, -0.2) is 22.9 Å². The highest BCUT2D eigenvalue weighted by atomic mass is 32.2. The molecule has 0 aliphatic rings. The number of benzene rings is 3. The Morgan fingerprint density at radius 2 is 1.62 bits per heavy atom. The monoisotopic (exact) mass is 545 g/mol. The molecule has 0 aliphatic carbocycles. The van der Waals surface area contributed by atoms with E-state index in [-0.39, 0.29) is 22.4 Å². The van der Waals surface area contributed by atoms with Crippen molar-refractivity contribution in [1.29, 1.82) is 0 Å². The molecule has 3 aromatic carbocycles. The van der Waals surface area contributed by atoms with Gasteiger partial charge in [-0.05, 0) is 55.7 Å². The molecule has 4 N–H and O–H groups in total. The van der Waals surface area contributed by atoms with E-state index in [0.717, 1.165) is 22.8 Å². The number of nitrogens with one attached hydrogen (secondary N) is 3. The summed E-state index contributed by atoms with van der Waals surface area (Å²) in [7, 11) is -4.16. The zero-order chi connectivity index (χ0) is 28.0. The topological polar surface area (TPSA) is 133 Å². The number of hydrogen-bond acceptors (Lipinski definition) is 7. The third kappa shape index (κ3) is 7.18. The number of carboxylic acid groups (broad SMARTS) is 1. The number of aromatic carboxylic acids is 1. The van der Waals surface area contributed by atoms with Crippen LogP contribution in [0.1, 0.15) is 34.0 Å². The summed E-state index contributed by atoms with van der Waals surface area (Å²) in [6, 6.07) is 22.8. The average molecular weight is 546 g/mol. The first kappa shape index (κ1) is 27.7. The Balaban J connectivity index is 1.62. The molecule has 0 saturated carbocycles. The standard InChI is InChI=1S/C29H31N5O4S/c1-19-9-7-10-20(2)27(19)25-16-26(31-21(3)17-30-18-22-11-5-4-6-12-22)33-29(32-25)34-39(37,38)24-14-8-13-23(15-24)28(35)36/h4-16,21,30H,17-18H2,1-3H3,(H,35,36)(H2,31,32,33,34). The normalized spacial score (nSPS) is 12.1. The lowest BCUT2D eigenvalue weighted by Crippen LogP contribution is -2.30. The molecule has 4 rings (SSSR count). The number of aromatic nitrogens is 2. The number of carboxylic acids is 1. The van der Waals surface area contributed by atoms with Crippen LogP contribution < -0.4 is 15.4 Å². The van der Waals surface area contributed by atoms with Crippen molar-refractivity contribution in [2.24, 2.45) is 0 Å². The average Bonchev–Trinajstić information content (AvgIpc) is 2.89. The molecule has 4 aromatic rings. The van der Waals surface area contributed by atoms with Gasteiger partial charge in [-0.1, -0.05) is 54.6 Å². The van der Waals surface area contributed by atoms with Crippen LogP contribution in [-0.4, -0.2) is 42.0 Å². The number of aryl methyl sites for hydroxylation is 2. The number of anilines is 2. The van der Waals surface area contributed by atoms with Crippen molar-refractivity contribution >= 4 is 27.8 Å². The van der Waals surface area contributed by atoms with E-state index in [1.165, 1.54) is 23.8 Å². The maximum Gasteiger partial charge on any atom is 0.335 e. The molecule has 39 heavy (non-hydrogen) atoms. The summed E-state index contributed by atoms with van der Waals surface area (Å²) in [6.07, 6.45) is 0. The fourth-order valence-electron chi connectivity index (χ4n) is 4.22. The van der Waals surface area contributed by atoms with Gasteiger partial charge in [0, 0.05) is 30.8 Å². The van der Waals surface area contributed by atoms with Crippen molar-refractivity contribution in [3.8, 4) is 11.3 Å². The Bertz CT molecular complexity index is 1560. The summed E-state index contributed by atoms with van der Waals surface area (Å²) in [6.45, 7) is 7.29. The lowest BCUT2D eigenvalue weighted by atomic mass is 10.00. The van der Waals surface area contributed by atoms with Gasteiger partial charge in [0.05, 0.1) is 16.2 Å². The Morgan fingerprint density at radius 1 is 0.923 bits per heavy atom. The SMILES string of the molecule is Cc1cccc(C)c1-c1cc(NC(C)CNCc2ccccc2)nc(NS(=O)(=O)c2cccc(C(=O)O)c2)n1. The van der Waals surface area contributed by atoms with E-state index < -0.39 is 16.0 Å². The van der Waals surface area contributed by atoms with Gasteiger partial charge in [-0.2, -0.15) is 4.98 Å². The smallest absolute Gasteiger partial charge is 0.335 e. The summed E-state index contributed by atoms with van der Waals surface area (Å²) in [5, 5.41) is 16.0. The number of hydrogen-bond donors (Lipinski definition) is 4. The van der Waals surface area contributed by atoms with Gasteiger partial charge in [-0.3, -0.25) is 0 Å². The number of rotatable bonds is 11. The van der Waals surface area contributed by atoms with Gasteiger partial charge in [-0.15, -0.1) is 0 Å². The van der Waals surface area contributed by atoms with Crippen molar-refractivity contribution in [1.82, 2.24) is 15.3 Å². The van der Waals surface area contributed by atoms with Crippen LogP contribution in [0.2, 0.25) is 0 Å². The molecular weight excluding hydrogens is 514 g/mol. The van der Waals surface area contributed by atoms with Gasteiger partial charge in [0.15, 0.2) is 0 Å². The Labute approximate surface area is 228 Å². The van der Waals surface area contributed by atoms with Crippen molar-refractivity contribution in [3.05, 3.63) is 101 Å². The van der Waals surface area contributed by atoms with Crippen molar-refractivity contribution in [2.75, 3.05) is 16.6 Å². The molecule has 0 saturated heterocycles. The third-order valence-electron chi connectivity index (χ3n) is 6.10. The predicted molar refractivity (Wildman–Crippen MR) is 152 cm³/mol. The summed E-state index contributed by atoms with van der Waals surface area (Å²) < 4.78 is 28.7. The molecule has 1 atom stereocenters. The fourth-order valence-corrected chi connectivity index (χ4v) is 5.21. The zero-order valence-electron chi connectivity index (χ0n) is 22.0. The van der Waals surface area contributed by atoms with Crippen LogP contribution >= 0.6 is 0 Å². The molecule has 1 heterocycles. The summed E-state index contributed by atoms with van der Waals surface area (Å²) in [5.74, 6) is -0.891. The minimum absolute atomic E-state index is 0.0360. The minimum Gasteiger partial charge on any atom is -0.478 e. The van der Waals surface area contributed by atoms with Crippen LogP contribution in [0.25, 0.3) is 11.3 Å². The second kappa shape index (κ2) is 12.1. The van der Waals surface area contributed by atoms with E-state index in [0.29, 0.717) is 24.6 Å². The third-order valence-corrected chi connectivity index (χ3v) is 7.42. The second-order valence-electron chi connectivity index (χ2n) is 9.33. The van der Waals surface area contributed by atoms with Crippen LogP contribution in [-0.2, 0) is 16.6 Å². The molecule has 0 fully saturated rings. The lowest BCUT2D eigenvalue weighted by Gasteiger charge is -2.18. The largest absolute Gasteiger partial charge is 0.478 e. The molecule has 0 aliphatic heterocycles. The maximum atomic E-state index is 13.2. The van der Waals surface area contributed by atoms with Crippen LogP contribution in [0.15, 0.2) is 83.8 Å². The second-order valence-corrected chi connectivity index (χ2v) is 11.0. The summed E-state index contributed by atoms with van der Waals surface area (Å²) in [4.78, 5) is 20.1. The van der Waals surface area contributed by atoms with Crippen molar-refractivity contribution in [3.63, 3.8) is 0 Å². The summed E-state index contributed by atoms with van der Waals surface area (Å²) >= 11 is 0. The molecule has 0 amide bonds. The highest BCUT2D eigenvalue weighted by Crippen LogP contribution is 2.29. The van der Waals surface area contributed by atoms with Gasteiger partial charge >= 0.3 is 5.97 Å². The highest BCUT2D eigenvalue weighted by Gasteiger charge is 2.20. The molecule has 0 radical (unpaired) electrons. The lowest BCUT2D eigenvalue weighted by molar-refractivity contribution is 0.0696. The molecule has 1 aromatic heterocycles. The van der Waals surface area contributed by atoms with E-state index in [1.807, 2.05) is 57.2 Å². The highest BCUT2D eigenvalue weighted by molar-refractivity contribution is 7.92. The molecule has 9 nitrogen and oxygen atoms in total. The Morgan fingerprint density at radius 3 is 2.31 bits per heavy atom. The van der Waals surface area contributed by atoms with Crippen molar-refractivity contribution < 1.29 is 18.3 Å². The van der Waals surface area contributed by atoms with E-state index in [1.54, 1.807) is 6.07 Å². The predicted octanol–water partition coefficient (Wildman–Crippen LogP) is 4.85. The minimum atomic E-state index is -4.16. The van der Waals surface area contributed by atoms with Crippen LogP contribution in [0.5, 0.6) is 0 Å². The van der Waals surface area contributed by atoms with E-state index in [9.17, 15) is 18.3 Å². The first-order chi connectivity index (χ1) is 18.6. The zero-order valence-corrected chi connectivity index (χ0v) is 22.8.